The van der Waals surface area contributed by atoms with E-state index in [9.17, 15) is 13.2 Å². The molecule has 3 aromatic heterocycles. The van der Waals surface area contributed by atoms with Crippen LogP contribution in [0.25, 0.3) is 33.5 Å². The summed E-state index contributed by atoms with van der Waals surface area (Å²) in [6.07, 6.45) is -4.73. The smallest absolute Gasteiger partial charge is 0.450 e. The van der Waals surface area contributed by atoms with Crippen molar-refractivity contribution in [1.82, 2.24) is 10.1 Å². The molecule has 4 aromatic rings. The molecule has 0 radical (unpaired) electrons. The van der Waals surface area contributed by atoms with E-state index in [2.05, 4.69) is 10.1 Å². The predicted octanol–water partition coefficient (Wildman–Crippen LogP) is 6.40. The highest BCUT2D eigenvalue weighted by Gasteiger charge is 2.40. The van der Waals surface area contributed by atoms with Crippen LogP contribution in [0, 0.1) is 0 Å². The summed E-state index contributed by atoms with van der Waals surface area (Å²) in [5, 5.41) is 5.82. The van der Waals surface area contributed by atoms with Crippen LogP contribution in [-0.2, 0) is 6.18 Å². The third kappa shape index (κ3) is 3.02. The van der Waals surface area contributed by atoms with Gasteiger partial charge in [-0.15, -0.1) is 11.3 Å². The van der Waals surface area contributed by atoms with Gasteiger partial charge in [-0.05, 0) is 29.6 Å². The third-order valence-electron chi connectivity index (χ3n) is 3.53. The summed E-state index contributed by atoms with van der Waals surface area (Å²) in [5.41, 5.74) is 0.00615. The molecule has 9 heteroatoms. The number of nitrogens with zero attached hydrogens (tertiary/aromatic N) is 2. The van der Waals surface area contributed by atoms with Crippen molar-refractivity contribution < 1.29 is 22.1 Å². The Morgan fingerprint density at radius 1 is 1.04 bits per heavy atom. The van der Waals surface area contributed by atoms with Crippen LogP contribution in [0.4, 0.5) is 13.2 Å². The SMILES string of the molecule is FC(F)(F)c1oc(-c2ccccc2Cl)cc1-c1nc(-c2cccs2)no1. The summed E-state index contributed by atoms with van der Waals surface area (Å²) >= 11 is 7.41. The van der Waals surface area contributed by atoms with Gasteiger partial charge < -0.3 is 8.94 Å². The first-order valence-electron chi connectivity index (χ1n) is 7.27. The standard InChI is InChI=1S/C17H8ClF3N2O2S/c18-11-5-2-1-4-9(11)12-8-10(14(24-12)17(19,20)21)16-22-15(23-25-16)13-6-3-7-26-13/h1-8H. The first-order valence-corrected chi connectivity index (χ1v) is 8.53. The summed E-state index contributed by atoms with van der Waals surface area (Å²) < 4.78 is 50.4. The van der Waals surface area contributed by atoms with Crippen LogP contribution in [0.15, 0.2) is 56.8 Å². The van der Waals surface area contributed by atoms with Gasteiger partial charge >= 0.3 is 6.18 Å². The van der Waals surface area contributed by atoms with Crippen molar-refractivity contribution in [2.75, 3.05) is 0 Å². The fraction of sp³-hybridized carbons (Fsp3) is 0.0588. The minimum Gasteiger partial charge on any atom is -0.451 e. The summed E-state index contributed by atoms with van der Waals surface area (Å²) in [7, 11) is 0. The summed E-state index contributed by atoms with van der Waals surface area (Å²) in [5.74, 6) is -1.31. The monoisotopic (exact) mass is 396 g/mol. The second kappa shape index (κ2) is 6.30. The van der Waals surface area contributed by atoms with Crippen LogP contribution in [0.2, 0.25) is 5.02 Å². The number of rotatable bonds is 3. The van der Waals surface area contributed by atoms with Crippen molar-refractivity contribution in [2.24, 2.45) is 0 Å². The van der Waals surface area contributed by atoms with E-state index in [4.69, 9.17) is 20.5 Å². The van der Waals surface area contributed by atoms with Crippen LogP contribution < -0.4 is 0 Å². The van der Waals surface area contributed by atoms with Crippen molar-refractivity contribution in [3.63, 3.8) is 0 Å². The minimum atomic E-state index is -4.73. The van der Waals surface area contributed by atoms with Gasteiger partial charge in [-0.2, -0.15) is 18.2 Å². The number of aromatic nitrogens is 2. The molecule has 4 nitrogen and oxygen atoms in total. The number of alkyl halides is 3. The molecule has 0 atom stereocenters. The Morgan fingerprint density at radius 2 is 1.85 bits per heavy atom. The lowest BCUT2D eigenvalue weighted by Gasteiger charge is -2.03. The molecule has 0 fully saturated rings. The van der Waals surface area contributed by atoms with E-state index in [1.165, 1.54) is 17.4 Å². The molecule has 0 bridgehead atoms. The maximum Gasteiger partial charge on any atom is 0.450 e. The normalized spacial score (nSPS) is 11.8. The fourth-order valence-corrected chi connectivity index (χ4v) is 3.27. The number of furan rings is 1. The quantitative estimate of drug-likeness (QED) is 0.402. The largest absolute Gasteiger partial charge is 0.451 e. The third-order valence-corrected chi connectivity index (χ3v) is 4.72. The topological polar surface area (TPSA) is 52.1 Å². The Balaban J connectivity index is 1.84. The van der Waals surface area contributed by atoms with Gasteiger partial charge in [0.1, 0.15) is 5.76 Å². The van der Waals surface area contributed by atoms with E-state index in [0.717, 1.165) is 0 Å². The van der Waals surface area contributed by atoms with Gasteiger partial charge in [0, 0.05) is 5.56 Å². The lowest BCUT2D eigenvalue weighted by atomic mass is 10.1. The van der Waals surface area contributed by atoms with Gasteiger partial charge in [-0.1, -0.05) is 35.0 Å². The molecule has 132 valence electrons. The zero-order chi connectivity index (χ0) is 18.3. The Hall–Kier alpha value is -2.58. The van der Waals surface area contributed by atoms with Gasteiger partial charge in [0.05, 0.1) is 15.5 Å². The number of halogens is 4. The highest BCUT2D eigenvalue weighted by molar-refractivity contribution is 7.13. The van der Waals surface area contributed by atoms with Crippen molar-refractivity contribution in [2.45, 2.75) is 6.18 Å². The van der Waals surface area contributed by atoms with E-state index in [-0.39, 0.29) is 28.1 Å². The molecule has 0 N–H and O–H groups in total. The average Bonchev–Trinajstić information content (AvgIpc) is 3.33. The summed E-state index contributed by atoms with van der Waals surface area (Å²) in [6.45, 7) is 0. The lowest BCUT2D eigenvalue weighted by Crippen LogP contribution is -2.04. The number of hydrogen-bond acceptors (Lipinski definition) is 5. The first kappa shape index (κ1) is 16.9. The Labute approximate surface area is 153 Å². The summed E-state index contributed by atoms with van der Waals surface area (Å²) in [4.78, 5) is 4.75. The second-order valence-corrected chi connectivity index (χ2v) is 6.59. The Kier molecular flexibility index (Phi) is 4.08. The Bertz CT molecular complexity index is 1050. The predicted molar refractivity (Wildman–Crippen MR) is 90.8 cm³/mol. The zero-order valence-electron chi connectivity index (χ0n) is 12.7. The molecule has 26 heavy (non-hydrogen) atoms. The van der Waals surface area contributed by atoms with Crippen LogP contribution in [0.5, 0.6) is 0 Å². The first-order chi connectivity index (χ1) is 12.4. The van der Waals surface area contributed by atoms with Crippen LogP contribution >= 0.6 is 22.9 Å². The van der Waals surface area contributed by atoms with Crippen LogP contribution in [0.1, 0.15) is 5.76 Å². The lowest BCUT2D eigenvalue weighted by molar-refractivity contribution is -0.152. The number of benzene rings is 1. The molecule has 0 saturated heterocycles. The molecule has 0 aliphatic carbocycles. The van der Waals surface area contributed by atoms with E-state index < -0.39 is 11.9 Å². The maximum absolute atomic E-state index is 13.4. The molecular formula is C17H8ClF3N2O2S. The van der Waals surface area contributed by atoms with Gasteiger partial charge in [0.2, 0.25) is 11.6 Å². The van der Waals surface area contributed by atoms with E-state index in [1.807, 2.05) is 0 Å². The average molecular weight is 397 g/mol. The molecule has 0 amide bonds. The number of thiophene rings is 1. The minimum absolute atomic E-state index is 0.0335. The Morgan fingerprint density at radius 3 is 2.54 bits per heavy atom. The van der Waals surface area contributed by atoms with E-state index in [1.54, 1.807) is 41.8 Å². The summed E-state index contributed by atoms with van der Waals surface area (Å²) in [6, 6.07) is 11.2. The molecule has 0 saturated carbocycles. The van der Waals surface area contributed by atoms with Gasteiger partial charge in [0.15, 0.2) is 0 Å². The van der Waals surface area contributed by atoms with Gasteiger partial charge in [0.25, 0.3) is 5.89 Å². The van der Waals surface area contributed by atoms with Gasteiger partial charge in [-0.25, -0.2) is 0 Å². The van der Waals surface area contributed by atoms with Crippen molar-refractivity contribution in [1.29, 1.82) is 0 Å². The maximum atomic E-state index is 13.4. The molecule has 0 spiro atoms. The second-order valence-electron chi connectivity index (χ2n) is 5.23. The molecule has 0 unspecified atom stereocenters. The molecular weight excluding hydrogens is 389 g/mol. The molecule has 0 aliphatic rings. The van der Waals surface area contributed by atoms with E-state index >= 15 is 0 Å². The van der Waals surface area contributed by atoms with Crippen LogP contribution in [-0.4, -0.2) is 10.1 Å². The molecule has 1 aromatic carbocycles. The van der Waals surface area contributed by atoms with Crippen molar-refractivity contribution in [3.8, 4) is 33.5 Å². The van der Waals surface area contributed by atoms with Crippen LogP contribution in [0.3, 0.4) is 0 Å². The molecule has 4 rings (SSSR count). The highest BCUT2D eigenvalue weighted by Crippen LogP contribution is 2.43. The number of hydrogen-bond donors (Lipinski definition) is 0. The zero-order valence-corrected chi connectivity index (χ0v) is 14.3. The fourth-order valence-electron chi connectivity index (χ4n) is 2.39. The molecule has 0 aliphatic heterocycles. The van der Waals surface area contributed by atoms with Gasteiger partial charge in [-0.3, -0.25) is 0 Å². The highest BCUT2D eigenvalue weighted by atomic mass is 35.5. The van der Waals surface area contributed by atoms with E-state index in [0.29, 0.717) is 10.4 Å². The van der Waals surface area contributed by atoms with Crippen molar-refractivity contribution in [3.05, 3.63) is 58.6 Å². The van der Waals surface area contributed by atoms with Crippen molar-refractivity contribution >= 4 is 22.9 Å². The molecule has 3 heterocycles.